The minimum atomic E-state index is -0.380. The van der Waals surface area contributed by atoms with E-state index in [1.807, 2.05) is 18.2 Å². The molecule has 2 N–H and O–H groups in total. The number of rotatable bonds is 3. The van der Waals surface area contributed by atoms with E-state index in [2.05, 4.69) is 30.5 Å². The average molecular weight is 323 g/mol. The Morgan fingerprint density at radius 1 is 1.14 bits per heavy atom. The summed E-state index contributed by atoms with van der Waals surface area (Å²) in [7, 11) is 0. The van der Waals surface area contributed by atoms with Crippen LogP contribution < -0.4 is 10.6 Å². The highest BCUT2D eigenvalue weighted by molar-refractivity contribution is 7.80. The molecular weight excluding hydrogens is 307 g/mol. The highest BCUT2D eigenvalue weighted by Crippen LogP contribution is 2.23. The SMILES string of the molecule is CC(C)c1cccc(NC(=S)Nc2ccc(F)cc2Cl)c1. The Labute approximate surface area is 134 Å². The highest BCUT2D eigenvalue weighted by atomic mass is 35.5. The molecule has 0 aromatic heterocycles. The molecule has 0 bridgehead atoms. The maximum atomic E-state index is 13.0. The summed E-state index contributed by atoms with van der Waals surface area (Å²) in [5.74, 6) is 0.0638. The third kappa shape index (κ3) is 4.41. The molecule has 2 rings (SSSR count). The molecule has 2 aromatic rings. The van der Waals surface area contributed by atoms with Crippen LogP contribution in [0.3, 0.4) is 0 Å². The summed E-state index contributed by atoms with van der Waals surface area (Å²) >= 11 is 11.2. The zero-order valence-electron chi connectivity index (χ0n) is 11.8. The normalized spacial score (nSPS) is 10.5. The largest absolute Gasteiger partial charge is 0.332 e. The maximum Gasteiger partial charge on any atom is 0.175 e. The van der Waals surface area contributed by atoms with E-state index in [0.717, 1.165) is 5.69 Å². The number of thiocarbonyl (C=S) groups is 1. The molecule has 2 aromatic carbocycles. The number of nitrogens with one attached hydrogen (secondary N) is 2. The van der Waals surface area contributed by atoms with E-state index < -0.39 is 0 Å². The van der Waals surface area contributed by atoms with Gasteiger partial charge in [0.15, 0.2) is 5.11 Å². The summed E-state index contributed by atoms with van der Waals surface area (Å²) < 4.78 is 13.0. The first-order valence-electron chi connectivity index (χ1n) is 6.58. The monoisotopic (exact) mass is 322 g/mol. The van der Waals surface area contributed by atoms with Crippen LogP contribution in [0, 0.1) is 5.82 Å². The fraction of sp³-hybridized carbons (Fsp3) is 0.188. The maximum absolute atomic E-state index is 13.0. The van der Waals surface area contributed by atoms with Crippen molar-refractivity contribution in [2.75, 3.05) is 10.6 Å². The van der Waals surface area contributed by atoms with Gasteiger partial charge in [-0.3, -0.25) is 0 Å². The van der Waals surface area contributed by atoms with Gasteiger partial charge in [-0.15, -0.1) is 0 Å². The molecule has 0 amide bonds. The van der Waals surface area contributed by atoms with Crippen LogP contribution in [0.4, 0.5) is 15.8 Å². The van der Waals surface area contributed by atoms with Gasteiger partial charge in [0, 0.05) is 5.69 Å². The summed E-state index contributed by atoms with van der Waals surface area (Å²) in [6.07, 6.45) is 0. The Balaban J connectivity index is 2.06. The van der Waals surface area contributed by atoms with Crippen molar-refractivity contribution in [3.05, 3.63) is 58.9 Å². The zero-order chi connectivity index (χ0) is 15.4. The molecule has 0 saturated heterocycles. The molecule has 0 atom stereocenters. The van der Waals surface area contributed by atoms with Crippen LogP contribution in [0.1, 0.15) is 25.3 Å². The predicted molar refractivity (Wildman–Crippen MR) is 91.8 cm³/mol. The molecule has 0 saturated carbocycles. The first-order valence-corrected chi connectivity index (χ1v) is 7.37. The van der Waals surface area contributed by atoms with Crippen molar-refractivity contribution >= 4 is 40.3 Å². The van der Waals surface area contributed by atoms with Crippen molar-refractivity contribution in [3.63, 3.8) is 0 Å². The van der Waals surface area contributed by atoms with Gasteiger partial charge >= 0.3 is 0 Å². The van der Waals surface area contributed by atoms with Crippen LogP contribution in [0.25, 0.3) is 0 Å². The van der Waals surface area contributed by atoms with Crippen LogP contribution in [-0.2, 0) is 0 Å². The number of anilines is 2. The van der Waals surface area contributed by atoms with Crippen LogP contribution >= 0.6 is 23.8 Å². The van der Waals surface area contributed by atoms with E-state index >= 15 is 0 Å². The van der Waals surface area contributed by atoms with Crippen molar-refractivity contribution < 1.29 is 4.39 Å². The fourth-order valence-corrected chi connectivity index (χ4v) is 2.29. The summed E-state index contributed by atoms with van der Waals surface area (Å²) in [5.41, 5.74) is 2.69. The molecule has 0 radical (unpaired) electrons. The second-order valence-electron chi connectivity index (χ2n) is 4.98. The number of hydrogen-bond donors (Lipinski definition) is 2. The number of halogens is 2. The van der Waals surface area contributed by atoms with Gasteiger partial charge in [0.25, 0.3) is 0 Å². The molecular formula is C16H16ClFN2S. The second-order valence-corrected chi connectivity index (χ2v) is 5.80. The molecule has 21 heavy (non-hydrogen) atoms. The minimum absolute atomic E-state index is 0.287. The molecule has 110 valence electrons. The quantitative estimate of drug-likeness (QED) is 0.739. The van der Waals surface area contributed by atoms with Gasteiger partial charge in [0.1, 0.15) is 5.82 Å². The van der Waals surface area contributed by atoms with E-state index in [0.29, 0.717) is 16.7 Å². The standard InChI is InChI=1S/C16H16ClFN2S/c1-10(2)11-4-3-5-13(8-11)19-16(21)20-15-7-6-12(18)9-14(15)17/h3-10H,1-2H3,(H2,19,20,21). The van der Waals surface area contributed by atoms with Gasteiger partial charge in [-0.1, -0.05) is 37.6 Å². The lowest BCUT2D eigenvalue weighted by Crippen LogP contribution is -2.19. The lowest BCUT2D eigenvalue weighted by atomic mass is 10.0. The van der Waals surface area contributed by atoms with Crippen molar-refractivity contribution in [3.8, 4) is 0 Å². The summed E-state index contributed by atoms with van der Waals surface area (Å²) in [6, 6.07) is 12.2. The molecule has 0 heterocycles. The van der Waals surface area contributed by atoms with Crippen LogP contribution in [0.5, 0.6) is 0 Å². The lowest BCUT2D eigenvalue weighted by Gasteiger charge is -2.13. The van der Waals surface area contributed by atoms with Crippen molar-refractivity contribution in [1.29, 1.82) is 0 Å². The van der Waals surface area contributed by atoms with Gasteiger partial charge in [0.2, 0.25) is 0 Å². The highest BCUT2D eigenvalue weighted by Gasteiger charge is 2.05. The number of hydrogen-bond acceptors (Lipinski definition) is 1. The van der Waals surface area contributed by atoms with Crippen molar-refractivity contribution in [2.45, 2.75) is 19.8 Å². The van der Waals surface area contributed by atoms with Gasteiger partial charge < -0.3 is 10.6 Å². The van der Waals surface area contributed by atoms with E-state index in [1.165, 1.54) is 17.7 Å². The molecule has 2 nitrogen and oxygen atoms in total. The third-order valence-corrected chi connectivity index (χ3v) is 3.51. The van der Waals surface area contributed by atoms with E-state index in [9.17, 15) is 4.39 Å². The second kappa shape index (κ2) is 6.87. The van der Waals surface area contributed by atoms with E-state index in [4.69, 9.17) is 23.8 Å². The fourth-order valence-electron chi connectivity index (χ4n) is 1.85. The first kappa shape index (κ1) is 15.7. The first-order chi connectivity index (χ1) is 9.95. The molecule has 0 aliphatic rings. The minimum Gasteiger partial charge on any atom is -0.332 e. The zero-order valence-corrected chi connectivity index (χ0v) is 13.4. The van der Waals surface area contributed by atoms with Crippen LogP contribution in [0.15, 0.2) is 42.5 Å². The number of benzene rings is 2. The Hall–Kier alpha value is -1.65. The van der Waals surface area contributed by atoms with Gasteiger partial charge in [-0.25, -0.2) is 4.39 Å². The lowest BCUT2D eigenvalue weighted by molar-refractivity contribution is 0.628. The Morgan fingerprint density at radius 2 is 1.90 bits per heavy atom. The third-order valence-electron chi connectivity index (χ3n) is 2.99. The smallest absolute Gasteiger partial charge is 0.175 e. The van der Waals surface area contributed by atoms with Crippen molar-refractivity contribution in [2.24, 2.45) is 0 Å². The Kier molecular flexibility index (Phi) is 5.15. The summed E-state index contributed by atoms with van der Waals surface area (Å²) in [4.78, 5) is 0. The van der Waals surface area contributed by atoms with E-state index in [1.54, 1.807) is 6.07 Å². The Morgan fingerprint density at radius 3 is 2.57 bits per heavy atom. The van der Waals surface area contributed by atoms with Gasteiger partial charge in [-0.2, -0.15) is 0 Å². The molecule has 0 spiro atoms. The van der Waals surface area contributed by atoms with Crippen LogP contribution in [0.2, 0.25) is 5.02 Å². The topological polar surface area (TPSA) is 24.1 Å². The van der Waals surface area contributed by atoms with Gasteiger partial charge in [-0.05, 0) is 54.0 Å². The molecule has 0 unspecified atom stereocenters. The molecule has 0 fully saturated rings. The summed E-state index contributed by atoms with van der Waals surface area (Å²) in [5, 5.41) is 6.75. The molecule has 0 aliphatic heterocycles. The predicted octanol–water partition coefficient (Wildman–Crippen LogP) is 5.41. The van der Waals surface area contributed by atoms with Crippen LogP contribution in [-0.4, -0.2) is 5.11 Å². The average Bonchev–Trinajstić information content (AvgIpc) is 2.42. The van der Waals surface area contributed by atoms with E-state index in [-0.39, 0.29) is 10.8 Å². The van der Waals surface area contributed by atoms with Gasteiger partial charge in [0.05, 0.1) is 10.7 Å². The molecule has 0 aliphatic carbocycles. The summed E-state index contributed by atoms with van der Waals surface area (Å²) in [6.45, 7) is 4.27. The van der Waals surface area contributed by atoms with Crippen molar-refractivity contribution in [1.82, 2.24) is 0 Å². The molecule has 5 heteroatoms. The Bertz CT molecular complexity index is 658.